The Kier molecular flexibility index (Phi) is 31.2. The number of likely N-dealkylation sites (tertiary alicyclic amines) is 2. The van der Waals surface area contributed by atoms with E-state index in [2.05, 4.69) is 188 Å². The zero-order valence-corrected chi connectivity index (χ0v) is 81.1. The summed E-state index contributed by atoms with van der Waals surface area (Å²) in [4.78, 5) is 62.5. The van der Waals surface area contributed by atoms with E-state index >= 15 is 0 Å². The first-order valence-corrected chi connectivity index (χ1v) is 49.4. The first-order valence-electron chi connectivity index (χ1n) is 49.4. The maximum Gasteiger partial charge on any atom is 0.251 e. The lowest BCUT2D eigenvalue weighted by molar-refractivity contribution is 0.0885. The second-order valence-electron chi connectivity index (χ2n) is 38.1. The Bertz CT molecular complexity index is 6570. The molecule has 2 aliphatic carbocycles. The van der Waals surface area contributed by atoms with Gasteiger partial charge in [0.25, 0.3) is 23.6 Å². The van der Waals surface area contributed by atoms with Gasteiger partial charge in [-0.05, 0) is 295 Å². The third-order valence-electron chi connectivity index (χ3n) is 26.8. The number of ether oxygens (including phenoxy) is 4. The molecule has 23 heteroatoms. The number of rotatable bonds is 25. The summed E-state index contributed by atoms with van der Waals surface area (Å²) in [6.45, 7) is 22.9. The molecule has 8 atom stereocenters. The van der Waals surface area contributed by atoms with Gasteiger partial charge in [-0.1, -0.05) is 154 Å². The fourth-order valence-electron chi connectivity index (χ4n) is 19.9. The van der Waals surface area contributed by atoms with E-state index in [4.69, 9.17) is 18.9 Å². The minimum atomic E-state index is -0.0547. The van der Waals surface area contributed by atoms with Crippen molar-refractivity contribution in [1.82, 2.24) is 76.8 Å². The molecule has 0 radical (unpaired) electrons. The Hall–Kier alpha value is -14.6. The summed E-state index contributed by atoms with van der Waals surface area (Å²) < 4.78 is 22.9. The summed E-state index contributed by atoms with van der Waals surface area (Å²) in [7, 11) is 2.11. The van der Waals surface area contributed by atoms with E-state index in [1.54, 1.807) is 6.20 Å². The van der Waals surface area contributed by atoms with Crippen LogP contribution in [0.4, 0.5) is 0 Å². The normalized spacial score (nSPS) is 18.4. The maximum atomic E-state index is 13.5. The smallest absolute Gasteiger partial charge is 0.251 e. The summed E-state index contributed by atoms with van der Waals surface area (Å²) >= 11 is 0. The van der Waals surface area contributed by atoms with Crippen LogP contribution in [0.1, 0.15) is 214 Å². The largest absolute Gasteiger partial charge is 0.491 e. The zero-order chi connectivity index (χ0) is 96.4. The van der Waals surface area contributed by atoms with Gasteiger partial charge in [-0.3, -0.25) is 39.6 Å². The number of hydrogen-bond donors (Lipinski definition) is 8. The number of pyridine rings is 1. The molecule has 5 aromatic heterocycles. The molecule has 2 saturated heterocycles. The molecule has 20 rings (SSSR count). The van der Waals surface area contributed by atoms with Crippen molar-refractivity contribution >= 4 is 67.2 Å². The number of nitrogens with zero attached hydrogens (tertiary/aromatic N) is 7. The van der Waals surface area contributed by atoms with Gasteiger partial charge in [0.05, 0.1) is 63.6 Å². The zero-order valence-electron chi connectivity index (χ0n) is 81.1. The monoisotopic (exact) mass is 1860 g/mol. The molecule has 16 aromatic rings. The number of nitrogens with one attached hydrogen (secondary N) is 8. The quantitative estimate of drug-likeness (QED) is 0.0264. The van der Waals surface area contributed by atoms with Crippen LogP contribution in [0.25, 0.3) is 88.6 Å². The SMILES string of the molecule is CC(C)Oc1ccc(-c2n[nH]c3ccc(C(=O)N[C@@H]4CCCC[C@H]4c4ccccc4)cc23)cc1.CC(C)Oc1ccc(-c2n[nH]c3ccc(C(=O)N[C@@H]4CCCC[C@H]4c4ccccc4)cc23)cn1.CC(C)Oc1ccc(-c2n[nH]c3ccc(C(=O)N[C@@H]4CN(C)CC[C@H]4c4ccccc4)cc23)cc1.CCN1CC[C@@H](c2ccccc2)[C@H](NC(=O)c2ccc3[nH]nc(-c4ccc(OC(C)C)cc4)c3c2)C1. The fourth-order valence-corrected chi connectivity index (χ4v) is 19.9. The Labute approximate surface area is 813 Å². The van der Waals surface area contributed by atoms with E-state index in [9.17, 15) is 19.2 Å². The van der Waals surface area contributed by atoms with Gasteiger partial charge in [0.1, 0.15) is 22.9 Å². The Morgan fingerprint density at radius 2 is 0.626 bits per heavy atom. The van der Waals surface area contributed by atoms with Gasteiger partial charge in [-0.15, -0.1) is 0 Å². The number of carbonyl (C=O) groups is 4. The van der Waals surface area contributed by atoms with Crippen molar-refractivity contribution in [3.8, 4) is 68.2 Å². The van der Waals surface area contributed by atoms with Crippen molar-refractivity contribution < 1.29 is 38.1 Å². The van der Waals surface area contributed by atoms with E-state index in [1.165, 1.54) is 35.1 Å². The van der Waals surface area contributed by atoms with Crippen LogP contribution in [0.5, 0.6) is 23.1 Å². The number of piperidine rings is 2. The van der Waals surface area contributed by atoms with Crippen LogP contribution in [0, 0.1) is 0 Å². The predicted octanol–water partition coefficient (Wildman–Crippen LogP) is 23.2. The number of benzene rings is 11. The predicted molar refractivity (Wildman–Crippen MR) is 554 cm³/mol. The maximum absolute atomic E-state index is 13.5. The first-order chi connectivity index (χ1) is 67.6. The highest BCUT2D eigenvalue weighted by atomic mass is 16.5. The number of hydrogen-bond acceptors (Lipinski definition) is 15. The molecule has 0 bridgehead atoms. The fraction of sp³-hybridized carbons (Fsp3) is 0.319. The van der Waals surface area contributed by atoms with Crippen molar-refractivity contribution in [2.24, 2.45) is 0 Å². The van der Waals surface area contributed by atoms with Crippen LogP contribution in [0.15, 0.2) is 285 Å². The van der Waals surface area contributed by atoms with Crippen LogP contribution in [0.2, 0.25) is 0 Å². The van der Waals surface area contributed by atoms with Crippen LogP contribution >= 0.6 is 0 Å². The third-order valence-corrected chi connectivity index (χ3v) is 26.8. The minimum Gasteiger partial charge on any atom is -0.491 e. The molecule has 8 N–H and O–H groups in total. The lowest BCUT2D eigenvalue weighted by Gasteiger charge is -2.38. The molecule has 0 unspecified atom stereocenters. The van der Waals surface area contributed by atoms with Gasteiger partial charge in [0, 0.05) is 139 Å². The molecule has 11 aromatic carbocycles. The van der Waals surface area contributed by atoms with Gasteiger partial charge in [-0.25, -0.2) is 4.98 Å². The number of aromatic amines is 4. The lowest BCUT2D eigenvalue weighted by Crippen LogP contribution is -2.51. The summed E-state index contributed by atoms with van der Waals surface area (Å²) in [5.74, 6) is 4.22. The molecule has 2 aliphatic heterocycles. The Balaban J connectivity index is 0.000000128. The molecule has 139 heavy (non-hydrogen) atoms. The number of H-pyrrole nitrogens is 4. The molecule has 2 saturated carbocycles. The van der Waals surface area contributed by atoms with E-state index in [-0.39, 0.29) is 72.2 Å². The number of fused-ring (bicyclic) bond motifs is 4. The van der Waals surface area contributed by atoms with E-state index in [0.717, 1.165) is 190 Å². The van der Waals surface area contributed by atoms with Gasteiger partial charge < -0.3 is 50.0 Å². The van der Waals surface area contributed by atoms with Crippen LogP contribution in [0.3, 0.4) is 0 Å². The molecule has 4 amide bonds. The molecule has 0 spiro atoms. The summed E-state index contributed by atoms with van der Waals surface area (Å²) in [5, 5.41) is 47.5. The van der Waals surface area contributed by atoms with E-state index < -0.39 is 0 Å². The molecule has 4 aliphatic rings. The van der Waals surface area contributed by atoms with E-state index in [1.807, 2.05) is 237 Å². The van der Waals surface area contributed by atoms with Crippen molar-refractivity contribution in [3.63, 3.8) is 0 Å². The topological polar surface area (TPSA) is 287 Å². The first kappa shape index (κ1) is 96.1. The van der Waals surface area contributed by atoms with Crippen molar-refractivity contribution in [3.05, 3.63) is 330 Å². The van der Waals surface area contributed by atoms with Gasteiger partial charge in [0.15, 0.2) is 0 Å². The average Bonchev–Trinajstić information content (AvgIpc) is 1.59. The van der Waals surface area contributed by atoms with E-state index in [0.29, 0.717) is 51.8 Å². The standard InChI is InChI=1S/C30H34N4O2.C29H32N4O2.C29H31N3O2.C28H30N4O2/c1-4-34-17-16-25(21-8-6-5-7-9-21)28(19-34)31-30(35)23-12-15-27-26(18-23)29(33-32-27)22-10-13-24(14-11-22)36-20(2)3;1-19(2)35-23-12-9-21(10-13-23)28-25-17-22(11-14-26(25)31-32-28)29(34)30-27-18-33(3)16-15-24(27)20-7-5-4-6-8-20;1-19(2)34-23-15-12-21(13-16-23)28-25-18-22(14-17-27(25)31-32-28)29(33)30-26-11-7-6-10-24(26)20-8-4-3-5-9-20;1-18(2)34-26-15-13-21(17-29-26)27-23-16-20(12-14-25(23)31-32-27)28(33)30-24-11-7-6-10-22(24)19-8-4-3-5-9-19/h5-15,18,20,25,28H,4,16-17,19H2,1-3H3,(H,31,35)(H,32,33);4-14,17,19,24,27H,15-16,18H2,1-3H3,(H,30,34)(H,31,32);3-5,8-9,12-19,24,26H,6-7,10-11H2,1-2H3,(H,30,33)(H,31,32);3-5,8-9,12-18,22,24H,6-7,10-11H2,1-2H3,(H,30,33)(H,31,32)/t25-,28+;24-,27+;24-,26+;22-,24+/m0000/s1. The Morgan fingerprint density at radius 3 is 0.942 bits per heavy atom. The van der Waals surface area contributed by atoms with Gasteiger partial charge in [-0.2, -0.15) is 20.4 Å². The van der Waals surface area contributed by atoms with Crippen molar-refractivity contribution in [2.45, 2.75) is 199 Å². The summed E-state index contributed by atoms with van der Waals surface area (Å²) in [6, 6.07) is 93.0. The third kappa shape index (κ3) is 24.0. The Morgan fingerprint density at radius 1 is 0.331 bits per heavy atom. The molecule has 7 heterocycles. The lowest BCUT2D eigenvalue weighted by atomic mass is 9.80. The molecule has 4 fully saturated rings. The second kappa shape index (κ2) is 45.2. The molecule has 23 nitrogen and oxygen atoms in total. The summed E-state index contributed by atoms with van der Waals surface area (Å²) in [5.41, 5.74) is 18.4. The highest BCUT2D eigenvalue weighted by Gasteiger charge is 2.35. The highest BCUT2D eigenvalue weighted by molar-refractivity contribution is 6.05. The number of likely N-dealkylation sites (N-methyl/N-ethyl adjacent to an activating group) is 2. The van der Waals surface area contributed by atoms with Crippen LogP contribution < -0.4 is 40.2 Å². The number of aromatic nitrogens is 9. The summed E-state index contributed by atoms with van der Waals surface area (Å²) in [6.07, 6.45) is 13.2. The van der Waals surface area contributed by atoms with Crippen molar-refractivity contribution in [1.29, 1.82) is 0 Å². The van der Waals surface area contributed by atoms with Gasteiger partial charge >= 0.3 is 0 Å². The number of amides is 4. The van der Waals surface area contributed by atoms with Crippen LogP contribution in [-0.2, 0) is 0 Å². The second-order valence-corrected chi connectivity index (χ2v) is 38.1. The average molecular weight is 1860 g/mol. The van der Waals surface area contributed by atoms with Crippen LogP contribution in [-0.4, -0.2) is 168 Å². The molecular formula is C116H127N15O8. The minimum absolute atomic E-state index is 0.0254. The van der Waals surface area contributed by atoms with Crippen molar-refractivity contribution in [2.75, 3.05) is 39.8 Å². The number of carbonyl (C=O) groups excluding carboxylic acids is 4. The highest BCUT2D eigenvalue weighted by Crippen LogP contribution is 2.40. The van der Waals surface area contributed by atoms with Gasteiger partial charge in [0.2, 0.25) is 5.88 Å². The molecule has 714 valence electrons. The molecular weight excluding hydrogens is 1730 g/mol.